The molecule has 3 aromatic rings. The Morgan fingerprint density at radius 3 is 2.89 bits per heavy atom. The van der Waals surface area contributed by atoms with Crippen molar-refractivity contribution in [1.82, 2.24) is 4.98 Å². The Morgan fingerprint density at radius 1 is 1.33 bits per heavy atom. The number of nitrogens with one attached hydrogen (secondary N) is 1. The highest BCUT2D eigenvalue weighted by Gasteiger charge is 2.35. The van der Waals surface area contributed by atoms with Crippen LogP contribution in [0.3, 0.4) is 0 Å². The fourth-order valence-electron chi connectivity index (χ4n) is 3.09. The van der Waals surface area contributed by atoms with Gasteiger partial charge in [0, 0.05) is 18.7 Å². The van der Waals surface area contributed by atoms with Crippen molar-refractivity contribution in [2.75, 3.05) is 23.9 Å². The first kappa shape index (κ1) is 17.8. The van der Waals surface area contributed by atoms with Crippen LogP contribution in [0, 0.1) is 5.92 Å². The van der Waals surface area contributed by atoms with Crippen LogP contribution in [-0.2, 0) is 9.59 Å². The summed E-state index contributed by atoms with van der Waals surface area (Å²) >= 11 is 7.57. The Balaban J connectivity index is 1.48. The summed E-state index contributed by atoms with van der Waals surface area (Å²) in [7, 11) is 1.53. The second kappa shape index (κ2) is 7.17. The van der Waals surface area contributed by atoms with Gasteiger partial charge in [-0.25, -0.2) is 4.98 Å². The normalized spacial score (nSPS) is 16.7. The lowest BCUT2D eigenvalue weighted by Crippen LogP contribution is -2.28. The van der Waals surface area contributed by atoms with E-state index in [2.05, 4.69) is 10.3 Å². The van der Waals surface area contributed by atoms with Gasteiger partial charge in [0.15, 0.2) is 5.13 Å². The van der Waals surface area contributed by atoms with Crippen LogP contribution in [0.15, 0.2) is 42.5 Å². The molecule has 2 aromatic carbocycles. The maximum Gasteiger partial charge on any atom is 0.231 e. The van der Waals surface area contributed by atoms with Crippen molar-refractivity contribution in [2.45, 2.75) is 6.42 Å². The molecule has 2 heterocycles. The van der Waals surface area contributed by atoms with Gasteiger partial charge in [-0.05, 0) is 30.3 Å². The van der Waals surface area contributed by atoms with Crippen molar-refractivity contribution in [2.24, 2.45) is 5.92 Å². The molecular weight excluding hydrogens is 386 g/mol. The van der Waals surface area contributed by atoms with E-state index in [0.29, 0.717) is 28.1 Å². The number of carbonyl (C=O) groups excluding carboxylic acids is 2. The standard InChI is InChI=1S/C19H16ClN3O3S/c1-26-15-7-6-12(9-13(15)20)23-10-11(8-17(23)24)18(25)22-19-21-14-4-2-3-5-16(14)27-19/h2-7,9,11H,8,10H2,1H3,(H,21,22,25)/t11-/m0/s1. The van der Waals surface area contributed by atoms with Crippen LogP contribution in [0.5, 0.6) is 5.75 Å². The number of aromatic nitrogens is 1. The Hall–Kier alpha value is -2.64. The van der Waals surface area contributed by atoms with E-state index in [0.717, 1.165) is 10.2 Å². The number of para-hydroxylation sites is 1. The first-order chi connectivity index (χ1) is 13.0. The van der Waals surface area contributed by atoms with Crippen LogP contribution in [0.2, 0.25) is 5.02 Å². The highest BCUT2D eigenvalue weighted by molar-refractivity contribution is 7.22. The Morgan fingerprint density at radius 2 is 2.15 bits per heavy atom. The number of amides is 2. The zero-order valence-corrected chi connectivity index (χ0v) is 16.0. The lowest BCUT2D eigenvalue weighted by Gasteiger charge is -2.17. The predicted octanol–water partition coefficient (Wildman–Crippen LogP) is 3.95. The molecule has 4 rings (SSSR count). The molecule has 8 heteroatoms. The summed E-state index contributed by atoms with van der Waals surface area (Å²) in [5.74, 6) is -0.215. The average molecular weight is 402 g/mol. The number of methoxy groups -OCH3 is 1. The van der Waals surface area contributed by atoms with Crippen molar-refractivity contribution < 1.29 is 14.3 Å². The zero-order valence-electron chi connectivity index (χ0n) is 14.4. The van der Waals surface area contributed by atoms with E-state index in [-0.39, 0.29) is 18.2 Å². The maximum absolute atomic E-state index is 12.6. The molecule has 0 bridgehead atoms. The first-order valence-corrected chi connectivity index (χ1v) is 9.55. The minimum atomic E-state index is -0.439. The number of nitrogens with zero attached hydrogens (tertiary/aromatic N) is 2. The van der Waals surface area contributed by atoms with E-state index in [4.69, 9.17) is 16.3 Å². The van der Waals surface area contributed by atoms with Crippen molar-refractivity contribution in [3.05, 3.63) is 47.5 Å². The molecule has 0 unspecified atom stereocenters. The van der Waals surface area contributed by atoms with Crippen molar-refractivity contribution in [1.29, 1.82) is 0 Å². The van der Waals surface area contributed by atoms with Crippen LogP contribution >= 0.6 is 22.9 Å². The highest BCUT2D eigenvalue weighted by atomic mass is 35.5. The second-order valence-corrected chi connectivity index (χ2v) is 7.64. The van der Waals surface area contributed by atoms with Gasteiger partial charge in [-0.15, -0.1) is 0 Å². The number of rotatable bonds is 4. The molecule has 1 fully saturated rings. The topological polar surface area (TPSA) is 71.5 Å². The van der Waals surface area contributed by atoms with E-state index < -0.39 is 5.92 Å². The summed E-state index contributed by atoms with van der Waals surface area (Å²) in [5.41, 5.74) is 1.50. The second-order valence-electron chi connectivity index (χ2n) is 6.20. The van der Waals surface area contributed by atoms with Crippen molar-refractivity contribution in [3.8, 4) is 5.75 Å². The zero-order chi connectivity index (χ0) is 19.0. The largest absolute Gasteiger partial charge is 0.495 e. The summed E-state index contributed by atoms with van der Waals surface area (Å²) in [4.78, 5) is 31.0. The van der Waals surface area contributed by atoms with Gasteiger partial charge in [0.25, 0.3) is 0 Å². The lowest BCUT2D eigenvalue weighted by molar-refractivity contribution is -0.122. The molecule has 1 aliphatic rings. The minimum absolute atomic E-state index is 0.110. The minimum Gasteiger partial charge on any atom is -0.495 e. The number of carbonyl (C=O) groups is 2. The molecule has 27 heavy (non-hydrogen) atoms. The number of ether oxygens (including phenoxy) is 1. The molecule has 0 aliphatic carbocycles. The van der Waals surface area contributed by atoms with Crippen LogP contribution in [0.4, 0.5) is 10.8 Å². The van der Waals surface area contributed by atoms with Gasteiger partial charge >= 0.3 is 0 Å². The number of thiazole rings is 1. The monoisotopic (exact) mass is 401 g/mol. The fourth-order valence-corrected chi connectivity index (χ4v) is 4.21. The van der Waals surface area contributed by atoms with Gasteiger partial charge in [0.05, 0.1) is 28.3 Å². The molecular formula is C19H16ClN3O3S. The number of halogens is 1. The van der Waals surface area contributed by atoms with E-state index in [1.807, 2.05) is 24.3 Å². The van der Waals surface area contributed by atoms with Crippen LogP contribution < -0.4 is 15.0 Å². The third kappa shape index (κ3) is 3.48. The third-order valence-electron chi connectivity index (χ3n) is 4.47. The van der Waals surface area contributed by atoms with Gasteiger partial charge in [0.2, 0.25) is 11.8 Å². The highest BCUT2D eigenvalue weighted by Crippen LogP contribution is 2.33. The molecule has 1 N–H and O–H groups in total. The SMILES string of the molecule is COc1ccc(N2C[C@@H](C(=O)Nc3nc4ccccc4s3)CC2=O)cc1Cl. The van der Waals surface area contributed by atoms with E-state index >= 15 is 0 Å². The summed E-state index contributed by atoms with van der Waals surface area (Å²) in [6.07, 6.45) is 0.153. The van der Waals surface area contributed by atoms with Gasteiger partial charge in [-0.1, -0.05) is 35.1 Å². The average Bonchev–Trinajstić information content (AvgIpc) is 3.24. The Bertz CT molecular complexity index is 1000. The van der Waals surface area contributed by atoms with Crippen LogP contribution in [-0.4, -0.2) is 30.5 Å². The molecule has 138 valence electrons. The van der Waals surface area contributed by atoms with Crippen LogP contribution in [0.1, 0.15) is 6.42 Å². The number of hydrogen-bond acceptors (Lipinski definition) is 5. The molecule has 0 saturated carbocycles. The van der Waals surface area contributed by atoms with Gasteiger partial charge in [-0.3, -0.25) is 9.59 Å². The number of hydrogen-bond donors (Lipinski definition) is 1. The Kier molecular flexibility index (Phi) is 4.72. The summed E-state index contributed by atoms with van der Waals surface area (Å²) < 4.78 is 6.14. The molecule has 1 saturated heterocycles. The first-order valence-electron chi connectivity index (χ1n) is 8.35. The third-order valence-corrected chi connectivity index (χ3v) is 5.71. The number of fused-ring (bicyclic) bond motifs is 1. The molecule has 0 radical (unpaired) electrons. The van der Waals surface area contributed by atoms with Crippen molar-refractivity contribution in [3.63, 3.8) is 0 Å². The molecule has 1 atom stereocenters. The molecule has 1 aromatic heterocycles. The summed E-state index contributed by atoms with van der Waals surface area (Å²) in [6, 6.07) is 12.8. The smallest absolute Gasteiger partial charge is 0.231 e. The molecule has 1 aliphatic heterocycles. The summed E-state index contributed by atoms with van der Waals surface area (Å²) in [6.45, 7) is 0.304. The molecule has 6 nitrogen and oxygen atoms in total. The molecule has 0 spiro atoms. The van der Waals surface area contributed by atoms with E-state index in [1.165, 1.54) is 18.4 Å². The fraction of sp³-hybridized carbons (Fsp3) is 0.211. The van der Waals surface area contributed by atoms with E-state index in [9.17, 15) is 9.59 Å². The van der Waals surface area contributed by atoms with Gasteiger partial charge < -0.3 is 15.0 Å². The number of anilines is 2. The van der Waals surface area contributed by atoms with E-state index in [1.54, 1.807) is 23.1 Å². The predicted molar refractivity (Wildman–Crippen MR) is 107 cm³/mol. The van der Waals surface area contributed by atoms with Crippen LogP contribution in [0.25, 0.3) is 10.2 Å². The quantitative estimate of drug-likeness (QED) is 0.718. The van der Waals surface area contributed by atoms with Gasteiger partial charge in [-0.2, -0.15) is 0 Å². The summed E-state index contributed by atoms with van der Waals surface area (Å²) in [5, 5.41) is 3.80. The molecule has 2 amide bonds. The lowest BCUT2D eigenvalue weighted by atomic mass is 10.1. The van der Waals surface area contributed by atoms with Gasteiger partial charge in [0.1, 0.15) is 5.75 Å². The van der Waals surface area contributed by atoms with Crippen molar-refractivity contribution >= 4 is 55.8 Å². The Labute approximate surface area is 164 Å². The number of benzene rings is 2. The maximum atomic E-state index is 12.6.